The summed E-state index contributed by atoms with van der Waals surface area (Å²) in [4.78, 5) is 27.6. The number of rotatable bonds is 6. The van der Waals surface area contributed by atoms with Crippen LogP contribution in [0.3, 0.4) is 0 Å². The Kier molecular flexibility index (Phi) is 7.20. The molecular formula is C29H27F3N4O2. The number of halogens is 3. The highest BCUT2D eigenvalue weighted by molar-refractivity contribution is 6.31. The minimum absolute atomic E-state index is 0.236. The van der Waals surface area contributed by atoms with Crippen LogP contribution in [0.4, 0.5) is 30.2 Å². The Morgan fingerprint density at radius 1 is 0.816 bits per heavy atom. The number of nitrogens with zero attached hydrogens (tertiary/aromatic N) is 1. The second-order valence-corrected chi connectivity index (χ2v) is 9.48. The van der Waals surface area contributed by atoms with Gasteiger partial charge in [-0.25, -0.2) is 0 Å². The molecule has 0 unspecified atom stereocenters. The molecule has 3 aromatic carbocycles. The summed E-state index contributed by atoms with van der Waals surface area (Å²) in [5.74, 6) is -1.09. The molecule has 196 valence electrons. The van der Waals surface area contributed by atoms with Crippen LogP contribution in [0.15, 0.2) is 72.9 Å². The molecule has 2 amide bonds. The highest BCUT2D eigenvalue weighted by atomic mass is 19.4. The zero-order valence-electron chi connectivity index (χ0n) is 20.6. The number of carbonyl (C=O) groups excluding carboxylic acids is 2. The zero-order valence-corrected chi connectivity index (χ0v) is 20.6. The van der Waals surface area contributed by atoms with E-state index in [9.17, 15) is 22.8 Å². The molecule has 0 bridgehead atoms. The van der Waals surface area contributed by atoms with Crippen molar-refractivity contribution in [3.05, 3.63) is 95.2 Å². The van der Waals surface area contributed by atoms with Gasteiger partial charge in [0.15, 0.2) is 0 Å². The fraction of sp³-hybridized carbons (Fsp3) is 0.241. The molecule has 38 heavy (non-hydrogen) atoms. The smallest absolute Gasteiger partial charge is 0.361 e. The van der Waals surface area contributed by atoms with E-state index >= 15 is 0 Å². The Morgan fingerprint density at radius 3 is 2.26 bits per heavy atom. The highest BCUT2D eigenvalue weighted by Gasteiger charge is 2.31. The summed E-state index contributed by atoms with van der Waals surface area (Å²) in [6.45, 7) is 3.13. The van der Waals surface area contributed by atoms with Crippen LogP contribution in [0.25, 0.3) is 5.57 Å². The molecule has 0 aromatic heterocycles. The van der Waals surface area contributed by atoms with Crippen molar-refractivity contribution < 1.29 is 22.8 Å². The summed E-state index contributed by atoms with van der Waals surface area (Å²) in [7, 11) is 0. The largest absolute Gasteiger partial charge is 0.416 e. The molecule has 0 saturated carbocycles. The van der Waals surface area contributed by atoms with Crippen molar-refractivity contribution in [3.63, 3.8) is 0 Å². The standard InChI is InChI=1S/C29H27F3N4O2/c30-29(31,32)20-5-4-6-22(15-20)34-23-11-12-24-25(16-23)26(28(38)35-27(24)37)17-33-21-9-7-19(8-10-21)18-36-13-2-1-3-14-36/h4-12,15-17,33-34H,1-3,13-14,18H2,(H,35,37,38). The van der Waals surface area contributed by atoms with Crippen molar-refractivity contribution in [2.75, 3.05) is 23.7 Å². The zero-order chi connectivity index (χ0) is 26.7. The van der Waals surface area contributed by atoms with Crippen LogP contribution in [0.1, 0.15) is 46.3 Å². The lowest BCUT2D eigenvalue weighted by Gasteiger charge is -2.26. The number of piperidine rings is 1. The minimum atomic E-state index is -4.47. The number of hydrogen-bond donors (Lipinski definition) is 3. The van der Waals surface area contributed by atoms with Crippen LogP contribution in [0.2, 0.25) is 0 Å². The van der Waals surface area contributed by atoms with E-state index in [1.54, 1.807) is 12.1 Å². The van der Waals surface area contributed by atoms with Gasteiger partial charge in [-0.3, -0.25) is 19.8 Å². The fourth-order valence-corrected chi connectivity index (χ4v) is 4.72. The topological polar surface area (TPSA) is 73.5 Å². The van der Waals surface area contributed by atoms with Crippen LogP contribution in [-0.4, -0.2) is 29.8 Å². The summed E-state index contributed by atoms with van der Waals surface area (Å²) >= 11 is 0. The normalized spacial score (nSPS) is 17.2. The summed E-state index contributed by atoms with van der Waals surface area (Å²) < 4.78 is 39.3. The molecule has 2 heterocycles. The number of benzene rings is 3. The summed E-state index contributed by atoms with van der Waals surface area (Å²) in [5.41, 5.74) is 2.81. The summed E-state index contributed by atoms with van der Waals surface area (Å²) in [6.07, 6.45) is 0.825. The third-order valence-corrected chi connectivity index (χ3v) is 6.70. The molecule has 9 heteroatoms. The van der Waals surface area contributed by atoms with E-state index in [1.807, 2.05) is 24.3 Å². The number of alkyl halides is 3. The monoisotopic (exact) mass is 520 g/mol. The predicted octanol–water partition coefficient (Wildman–Crippen LogP) is 6.16. The highest BCUT2D eigenvalue weighted by Crippen LogP contribution is 2.33. The maximum atomic E-state index is 13.1. The number of nitrogens with one attached hydrogen (secondary N) is 3. The molecule has 1 fully saturated rings. The number of anilines is 3. The number of imide groups is 1. The van der Waals surface area contributed by atoms with Crippen LogP contribution < -0.4 is 16.0 Å². The average molecular weight is 521 g/mol. The molecule has 0 atom stereocenters. The molecule has 0 spiro atoms. The maximum absolute atomic E-state index is 13.1. The van der Waals surface area contributed by atoms with Crippen molar-refractivity contribution in [3.8, 4) is 0 Å². The number of hydrogen-bond acceptors (Lipinski definition) is 5. The Hall–Kier alpha value is -4.11. The van der Waals surface area contributed by atoms with Crippen molar-refractivity contribution in [2.45, 2.75) is 32.0 Å². The number of amides is 2. The maximum Gasteiger partial charge on any atom is 0.416 e. The van der Waals surface area contributed by atoms with Crippen LogP contribution in [0, 0.1) is 0 Å². The first-order chi connectivity index (χ1) is 18.3. The lowest BCUT2D eigenvalue weighted by Crippen LogP contribution is -2.36. The average Bonchev–Trinajstić information content (AvgIpc) is 2.90. The SMILES string of the molecule is O=C1NC(=O)c2ccc(Nc3cccc(C(F)(F)F)c3)cc2C1=CNc1ccc(CN2CCCCC2)cc1. The quantitative estimate of drug-likeness (QED) is 0.268. The lowest BCUT2D eigenvalue weighted by atomic mass is 9.94. The third-order valence-electron chi connectivity index (χ3n) is 6.70. The van der Waals surface area contributed by atoms with E-state index in [0.717, 1.165) is 37.5 Å². The van der Waals surface area contributed by atoms with Crippen molar-refractivity contribution in [1.82, 2.24) is 10.2 Å². The molecule has 0 aliphatic carbocycles. The van der Waals surface area contributed by atoms with E-state index in [0.29, 0.717) is 16.8 Å². The van der Waals surface area contributed by atoms with Gasteiger partial charge < -0.3 is 10.6 Å². The van der Waals surface area contributed by atoms with E-state index in [1.165, 1.54) is 49.2 Å². The van der Waals surface area contributed by atoms with Gasteiger partial charge in [0.25, 0.3) is 11.8 Å². The van der Waals surface area contributed by atoms with Crippen molar-refractivity contribution in [2.24, 2.45) is 0 Å². The van der Waals surface area contributed by atoms with Gasteiger partial charge >= 0.3 is 6.18 Å². The fourth-order valence-electron chi connectivity index (χ4n) is 4.72. The van der Waals surface area contributed by atoms with E-state index in [-0.39, 0.29) is 11.3 Å². The van der Waals surface area contributed by atoms with Gasteiger partial charge in [-0.1, -0.05) is 24.6 Å². The van der Waals surface area contributed by atoms with Crippen LogP contribution >= 0.6 is 0 Å². The number of fused-ring (bicyclic) bond motifs is 1. The lowest BCUT2D eigenvalue weighted by molar-refractivity contribution is -0.137. The van der Waals surface area contributed by atoms with E-state index in [2.05, 4.69) is 20.9 Å². The minimum Gasteiger partial charge on any atom is -0.361 e. The Labute approximate surface area is 218 Å². The van der Waals surface area contributed by atoms with Gasteiger partial charge in [0.2, 0.25) is 0 Å². The van der Waals surface area contributed by atoms with E-state index in [4.69, 9.17) is 0 Å². The molecule has 1 saturated heterocycles. The molecule has 5 rings (SSSR count). The van der Waals surface area contributed by atoms with Crippen LogP contribution in [0.5, 0.6) is 0 Å². The second-order valence-electron chi connectivity index (χ2n) is 9.48. The second kappa shape index (κ2) is 10.7. The van der Waals surface area contributed by atoms with Crippen molar-refractivity contribution >= 4 is 34.4 Å². The Morgan fingerprint density at radius 2 is 1.53 bits per heavy atom. The Balaban J connectivity index is 1.35. The van der Waals surface area contributed by atoms with Gasteiger partial charge in [-0.2, -0.15) is 13.2 Å². The van der Waals surface area contributed by atoms with E-state index < -0.39 is 23.6 Å². The molecule has 3 aromatic rings. The van der Waals surface area contributed by atoms with Gasteiger partial charge in [0, 0.05) is 40.9 Å². The molecule has 0 radical (unpaired) electrons. The number of carbonyl (C=O) groups is 2. The Bertz CT molecular complexity index is 1380. The first kappa shape index (κ1) is 25.5. The first-order valence-corrected chi connectivity index (χ1v) is 12.5. The predicted molar refractivity (Wildman–Crippen MR) is 141 cm³/mol. The van der Waals surface area contributed by atoms with Gasteiger partial charge in [-0.15, -0.1) is 0 Å². The molecule has 2 aliphatic rings. The van der Waals surface area contributed by atoms with Crippen LogP contribution in [-0.2, 0) is 17.5 Å². The molecule has 3 N–H and O–H groups in total. The first-order valence-electron chi connectivity index (χ1n) is 12.5. The summed E-state index contributed by atoms with van der Waals surface area (Å²) in [5, 5.41) is 8.40. The molecular weight excluding hydrogens is 493 g/mol. The third kappa shape index (κ3) is 5.89. The summed E-state index contributed by atoms with van der Waals surface area (Å²) in [6, 6.07) is 17.5. The van der Waals surface area contributed by atoms with Gasteiger partial charge in [0.05, 0.1) is 11.1 Å². The number of likely N-dealkylation sites (tertiary alicyclic amines) is 1. The van der Waals surface area contributed by atoms with Crippen molar-refractivity contribution in [1.29, 1.82) is 0 Å². The van der Waals surface area contributed by atoms with Gasteiger partial charge in [0.1, 0.15) is 0 Å². The molecule has 6 nitrogen and oxygen atoms in total. The molecule has 2 aliphatic heterocycles. The van der Waals surface area contributed by atoms with Gasteiger partial charge in [-0.05, 0) is 80.0 Å².